The lowest BCUT2D eigenvalue weighted by atomic mass is 10.4. The molecular weight excluding hydrogens is 227 g/mol. The maximum Gasteiger partial charge on any atom is 0.332 e. The highest BCUT2D eigenvalue weighted by Crippen LogP contribution is 2.22. The highest BCUT2D eigenvalue weighted by Gasteiger charge is 2.29. The molecule has 0 aromatic carbocycles. The van der Waals surface area contributed by atoms with Gasteiger partial charge in [-0.3, -0.25) is 0 Å². The molecule has 0 aromatic rings. The van der Waals surface area contributed by atoms with Crippen LogP contribution in [-0.2, 0) is 9.53 Å². The first kappa shape index (κ1) is 13.0. The van der Waals surface area contributed by atoms with Gasteiger partial charge in [-0.2, -0.15) is 0 Å². The molecule has 0 fully saturated rings. The molecule has 0 unspecified atom stereocenters. The summed E-state index contributed by atoms with van der Waals surface area (Å²) in [6.45, 7) is 4.69. The number of rotatable bonds is 5. The zero-order valence-electron chi connectivity index (χ0n) is 7.90. The smallest absolute Gasteiger partial charge is 0.332 e. The number of carbonyl (C=O) groups excluding carboxylic acids is 1. The van der Waals surface area contributed by atoms with Gasteiger partial charge >= 0.3 is 5.97 Å². The zero-order valence-corrected chi connectivity index (χ0v) is 10.4. The molecule has 2 nitrogen and oxygen atoms in total. The molecule has 0 aliphatic rings. The highest BCUT2D eigenvalue weighted by molar-refractivity contribution is 7.45. The Morgan fingerprint density at radius 2 is 2.08 bits per heavy atom. The van der Waals surface area contributed by atoms with Crippen molar-refractivity contribution in [3.63, 3.8) is 0 Å². The van der Waals surface area contributed by atoms with Crippen molar-refractivity contribution in [2.24, 2.45) is 0 Å². The molecule has 0 atom stereocenters. The monoisotopic (exact) mass is 240 g/mol. The van der Waals surface area contributed by atoms with Gasteiger partial charge in [-0.15, -0.1) is 22.2 Å². The second-order valence-corrected chi connectivity index (χ2v) is 10.4. The number of hydrogen-bond acceptors (Lipinski definition) is 2. The molecule has 76 valence electrons. The third-order valence-corrected chi connectivity index (χ3v) is 4.97. The van der Waals surface area contributed by atoms with Crippen molar-refractivity contribution in [3.8, 4) is 0 Å². The zero-order chi connectivity index (χ0) is 10.5. The molecule has 0 rings (SSSR count). The Balaban J connectivity index is 3.87. The fourth-order valence-electron chi connectivity index (χ4n) is 0.732. The lowest BCUT2D eigenvalue weighted by Crippen LogP contribution is -2.28. The predicted octanol–water partition coefficient (Wildman–Crippen LogP) is 2.97. The second kappa shape index (κ2) is 5.68. The van der Waals surface area contributed by atoms with E-state index >= 15 is 0 Å². The predicted molar refractivity (Wildman–Crippen MR) is 58.3 cm³/mol. The van der Waals surface area contributed by atoms with E-state index in [1.54, 1.807) is 6.92 Å². The molecule has 0 aliphatic heterocycles. The fraction of sp³-hybridized carbons (Fsp3) is 0.625. The van der Waals surface area contributed by atoms with Crippen LogP contribution in [0.25, 0.3) is 0 Å². The SMILES string of the molecule is C=C(C)C(=O)OC[Si](Cl)(Cl)CCC. The first-order valence-electron chi connectivity index (χ1n) is 4.09. The lowest BCUT2D eigenvalue weighted by Gasteiger charge is -2.15. The second-order valence-electron chi connectivity index (χ2n) is 2.96. The number of esters is 1. The largest absolute Gasteiger partial charge is 0.463 e. The van der Waals surface area contributed by atoms with Crippen molar-refractivity contribution in [2.75, 3.05) is 6.23 Å². The number of halogens is 2. The Hall–Kier alpha value is 0.00688. The molecular formula is C8H14Cl2O2Si. The third kappa shape index (κ3) is 6.13. The lowest BCUT2D eigenvalue weighted by molar-refractivity contribution is -0.137. The van der Waals surface area contributed by atoms with Crippen LogP contribution in [0.2, 0.25) is 6.04 Å². The maximum atomic E-state index is 11.0. The van der Waals surface area contributed by atoms with Gasteiger partial charge in [0.05, 0.1) is 0 Å². The molecule has 0 amide bonds. The standard InChI is InChI=1S/C8H14Cl2O2Si/c1-4-5-13(9,10)6-12-8(11)7(2)3/h2,4-6H2,1,3H3. The first-order valence-corrected chi connectivity index (χ1v) is 8.53. The van der Waals surface area contributed by atoms with Crippen LogP contribution < -0.4 is 0 Å². The van der Waals surface area contributed by atoms with Crippen molar-refractivity contribution in [1.82, 2.24) is 0 Å². The van der Waals surface area contributed by atoms with E-state index in [2.05, 4.69) is 6.58 Å². The van der Waals surface area contributed by atoms with Gasteiger partial charge in [0.15, 0.2) is 0 Å². The quantitative estimate of drug-likeness (QED) is 0.320. The summed E-state index contributed by atoms with van der Waals surface area (Å²) in [5.41, 5.74) is 0.370. The minimum absolute atomic E-state index is 0.148. The minimum Gasteiger partial charge on any atom is -0.463 e. The Kier molecular flexibility index (Phi) is 5.68. The van der Waals surface area contributed by atoms with Crippen molar-refractivity contribution in [1.29, 1.82) is 0 Å². The van der Waals surface area contributed by atoms with Crippen molar-refractivity contribution in [2.45, 2.75) is 26.3 Å². The van der Waals surface area contributed by atoms with Crippen molar-refractivity contribution in [3.05, 3.63) is 12.2 Å². The molecule has 13 heavy (non-hydrogen) atoms. The van der Waals surface area contributed by atoms with Gasteiger partial charge in [0.1, 0.15) is 6.23 Å². The summed E-state index contributed by atoms with van der Waals surface area (Å²) in [4.78, 5) is 11.0. The van der Waals surface area contributed by atoms with E-state index in [-0.39, 0.29) is 6.23 Å². The van der Waals surface area contributed by atoms with Gasteiger partial charge < -0.3 is 4.74 Å². The van der Waals surface area contributed by atoms with Crippen LogP contribution in [0, 0.1) is 0 Å². The van der Waals surface area contributed by atoms with E-state index < -0.39 is 12.7 Å². The Morgan fingerprint density at radius 1 is 1.54 bits per heavy atom. The minimum atomic E-state index is -2.35. The average Bonchev–Trinajstić information content (AvgIpc) is 2.00. The van der Waals surface area contributed by atoms with Crippen molar-refractivity contribution < 1.29 is 9.53 Å². The third-order valence-electron chi connectivity index (χ3n) is 1.38. The molecule has 0 N–H and O–H groups in total. The van der Waals surface area contributed by atoms with E-state index in [9.17, 15) is 4.79 Å². The summed E-state index contributed by atoms with van der Waals surface area (Å²) in [5.74, 6) is -0.422. The van der Waals surface area contributed by atoms with Crippen LogP contribution in [-0.4, -0.2) is 18.9 Å². The van der Waals surface area contributed by atoms with Crippen LogP contribution in [0.3, 0.4) is 0 Å². The maximum absolute atomic E-state index is 11.0. The number of hydrogen-bond donors (Lipinski definition) is 0. The highest BCUT2D eigenvalue weighted by atomic mass is 35.7. The van der Waals surface area contributed by atoms with Gasteiger partial charge in [0.25, 0.3) is 6.69 Å². The van der Waals surface area contributed by atoms with Gasteiger partial charge in [-0.1, -0.05) is 19.9 Å². The molecule has 0 saturated carbocycles. The first-order chi connectivity index (χ1) is 5.89. The van der Waals surface area contributed by atoms with Crippen LogP contribution in [0.4, 0.5) is 0 Å². The topological polar surface area (TPSA) is 26.3 Å². The summed E-state index contributed by atoms with van der Waals surface area (Å²) in [7, 11) is 0. The van der Waals surface area contributed by atoms with Gasteiger partial charge in [0.2, 0.25) is 0 Å². The average molecular weight is 241 g/mol. The van der Waals surface area contributed by atoms with Gasteiger partial charge in [-0.25, -0.2) is 4.79 Å². The molecule has 0 spiro atoms. The van der Waals surface area contributed by atoms with E-state index in [0.29, 0.717) is 5.57 Å². The van der Waals surface area contributed by atoms with E-state index in [1.165, 1.54) is 0 Å². The van der Waals surface area contributed by atoms with Gasteiger partial charge in [0, 0.05) is 5.57 Å². The number of carbonyl (C=O) groups is 1. The van der Waals surface area contributed by atoms with Crippen molar-refractivity contribution >= 4 is 34.8 Å². The molecule has 0 heterocycles. The van der Waals surface area contributed by atoms with Crippen LogP contribution in [0.5, 0.6) is 0 Å². The van der Waals surface area contributed by atoms with E-state index in [4.69, 9.17) is 26.9 Å². The van der Waals surface area contributed by atoms with Gasteiger partial charge in [-0.05, 0) is 13.0 Å². The molecule has 0 aromatic heterocycles. The Labute approximate surface area is 89.3 Å². The van der Waals surface area contributed by atoms with Crippen LogP contribution in [0.15, 0.2) is 12.2 Å². The van der Waals surface area contributed by atoms with E-state index in [0.717, 1.165) is 12.5 Å². The Bertz CT molecular complexity index is 204. The van der Waals surface area contributed by atoms with Crippen LogP contribution >= 0.6 is 22.2 Å². The summed E-state index contributed by atoms with van der Waals surface area (Å²) in [6, 6.07) is 0.736. The summed E-state index contributed by atoms with van der Waals surface area (Å²) >= 11 is 12.0. The molecule has 0 bridgehead atoms. The summed E-state index contributed by atoms with van der Waals surface area (Å²) in [6.07, 6.45) is 1.06. The van der Waals surface area contributed by atoms with Crippen LogP contribution in [0.1, 0.15) is 20.3 Å². The molecule has 0 radical (unpaired) electrons. The Morgan fingerprint density at radius 3 is 2.46 bits per heavy atom. The normalized spacial score (nSPS) is 11.1. The van der Waals surface area contributed by atoms with E-state index in [1.807, 2.05) is 6.92 Å². The summed E-state index contributed by atoms with van der Waals surface area (Å²) in [5, 5.41) is 0. The summed E-state index contributed by atoms with van der Waals surface area (Å²) < 4.78 is 4.88. The molecule has 5 heteroatoms. The number of ether oxygens (including phenoxy) is 1. The fourth-order valence-corrected chi connectivity index (χ4v) is 3.41. The molecule has 0 aliphatic carbocycles. The molecule has 0 saturated heterocycles.